The van der Waals surface area contributed by atoms with Crippen LogP contribution in [0.3, 0.4) is 0 Å². The number of rotatable bonds is 13. The number of carbonyl (C=O) groups excluding carboxylic acids is 2. The second kappa shape index (κ2) is 14.5. The number of nitrogens with zero attached hydrogens (tertiary/aromatic N) is 2. The van der Waals surface area contributed by atoms with Crippen LogP contribution in [-0.2, 0) is 26.2 Å². The van der Waals surface area contributed by atoms with Gasteiger partial charge in [0.1, 0.15) is 12.6 Å². The molecule has 0 fully saturated rings. The van der Waals surface area contributed by atoms with E-state index in [-0.39, 0.29) is 23.0 Å². The average Bonchev–Trinajstić information content (AvgIpc) is 2.94. The summed E-state index contributed by atoms with van der Waals surface area (Å²) < 4.78 is 29.1. The summed E-state index contributed by atoms with van der Waals surface area (Å²) >= 11 is 6.40. The molecule has 41 heavy (non-hydrogen) atoms. The van der Waals surface area contributed by atoms with Crippen molar-refractivity contribution in [1.29, 1.82) is 0 Å². The van der Waals surface area contributed by atoms with Crippen molar-refractivity contribution in [1.82, 2.24) is 10.2 Å². The molecule has 0 saturated heterocycles. The van der Waals surface area contributed by atoms with Gasteiger partial charge < -0.3 is 10.2 Å². The summed E-state index contributed by atoms with van der Waals surface area (Å²) in [4.78, 5) is 29.0. The van der Waals surface area contributed by atoms with E-state index in [4.69, 9.17) is 11.6 Å². The number of amides is 2. The van der Waals surface area contributed by atoms with E-state index in [1.807, 2.05) is 58.9 Å². The Kier molecular flexibility index (Phi) is 11.4. The van der Waals surface area contributed by atoms with Gasteiger partial charge in [0.15, 0.2) is 0 Å². The third-order valence-corrected chi connectivity index (χ3v) is 9.34. The second-order valence-electron chi connectivity index (χ2n) is 10.3. The second-order valence-corrected chi connectivity index (χ2v) is 12.5. The van der Waals surface area contributed by atoms with E-state index in [9.17, 15) is 18.0 Å². The van der Waals surface area contributed by atoms with Crippen molar-refractivity contribution in [2.24, 2.45) is 0 Å². The number of halogens is 1. The highest BCUT2D eigenvalue weighted by atomic mass is 35.5. The van der Waals surface area contributed by atoms with Crippen LogP contribution in [0.2, 0.25) is 5.02 Å². The zero-order valence-electron chi connectivity index (χ0n) is 24.5. The van der Waals surface area contributed by atoms with Crippen LogP contribution in [0.1, 0.15) is 55.4 Å². The van der Waals surface area contributed by atoms with Gasteiger partial charge in [-0.25, -0.2) is 8.42 Å². The van der Waals surface area contributed by atoms with Crippen LogP contribution in [-0.4, -0.2) is 44.3 Å². The molecule has 2 amide bonds. The van der Waals surface area contributed by atoms with Crippen molar-refractivity contribution in [3.05, 3.63) is 94.0 Å². The summed E-state index contributed by atoms with van der Waals surface area (Å²) in [6, 6.07) is 18.3. The van der Waals surface area contributed by atoms with E-state index in [1.165, 1.54) is 17.0 Å². The lowest BCUT2D eigenvalue weighted by molar-refractivity contribution is -0.140. The first-order valence-corrected chi connectivity index (χ1v) is 15.8. The standard InChI is InChI=1S/C32H40ClN3O4S/c1-6-8-19-34-32(38)30(7-2)35(21-26-12-10-9-11-24(26)4)31(37)22-36(27-16-15-25(5)29(33)20-27)41(39,40)28-17-13-23(3)14-18-28/h9-18,20,30H,6-8,19,21-22H2,1-5H3,(H,34,38)/t30-/m0/s1. The van der Waals surface area contributed by atoms with Crippen molar-refractivity contribution < 1.29 is 18.0 Å². The SMILES string of the molecule is CCCCNC(=O)[C@H](CC)N(Cc1ccccc1C)C(=O)CN(c1ccc(C)c(Cl)c1)S(=O)(=O)c1ccc(C)cc1. The summed E-state index contributed by atoms with van der Waals surface area (Å²) in [5.74, 6) is -0.743. The normalized spacial score (nSPS) is 12.0. The highest BCUT2D eigenvalue weighted by Crippen LogP contribution is 2.29. The molecule has 7 nitrogen and oxygen atoms in total. The molecule has 0 aliphatic heterocycles. The fraction of sp³-hybridized carbons (Fsp3) is 0.375. The lowest BCUT2D eigenvalue weighted by Gasteiger charge is -2.33. The number of unbranched alkanes of at least 4 members (excludes halogenated alkanes) is 1. The van der Waals surface area contributed by atoms with Crippen LogP contribution >= 0.6 is 11.6 Å². The van der Waals surface area contributed by atoms with Crippen molar-refractivity contribution in [2.45, 2.75) is 71.4 Å². The monoisotopic (exact) mass is 597 g/mol. The Morgan fingerprint density at radius 2 is 1.61 bits per heavy atom. The number of sulfonamides is 1. The van der Waals surface area contributed by atoms with Gasteiger partial charge in [-0.15, -0.1) is 0 Å². The zero-order chi connectivity index (χ0) is 30.2. The molecule has 0 unspecified atom stereocenters. The molecule has 0 saturated carbocycles. The fourth-order valence-corrected chi connectivity index (χ4v) is 6.08. The molecule has 3 aromatic carbocycles. The topological polar surface area (TPSA) is 86.8 Å². The van der Waals surface area contributed by atoms with Gasteiger partial charge in [0.2, 0.25) is 11.8 Å². The van der Waals surface area contributed by atoms with E-state index in [0.717, 1.165) is 39.4 Å². The minimum absolute atomic E-state index is 0.0578. The fourth-order valence-electron chi connectivity index (χ4n) is 4.50. The maximum atomic E-state index is 14.2. The first-order chi connectivity index (χ1) is 19.5. The van der Waals surface area contributed by atoms with Crippen molar-refractivity contribution in [3.8, 4) is 0 Å². The van der Waals surface area contributed by atoms with Crippen molar-refractivity contribution in [2.75, 3.05) is 17.4 Å². The minimum Gasteiger partial charge on any atom is -0.354 e. The highest BCUT2D eigenvalue weighted by molar-refractivity contribution is 7.92. The predicted octanol–water partition coefficient (Wildman–Crippen LogP) is 6.18. The lowest BCUT2D eigenvalue weighted by Crippen LogP contribution is -2.52. The summed E-state index contributed by atoms with van der Waals surface area (Å²) in [5, 5.41) is 3.33. The molecule has 1 N–H and O–H groups in total. The van der Waals surface area contributed by atoms with Gasteiger partial charge in [-0.2, -0.15) is 0 Å². The molecule has 0 aliphatic rings. The summed E-state index contributed by atoms with van der Waals surface area (Å²) in [7, 11) is -4.15. The van der Waals surface area contributed by atoms with Crippen molar-refractivity contribution >= 4 is 39.1 Å². The molecule has 0 aromatic heterocycles. The lowest BCUT2D eigenvalue weighted by atomic mass is 10.1. The molecule has 0 spiro atoms. The number of hydrogen-bond donors (Lipinski definition) is 1. The Balaban J connectivity index is 2.07. The third kappa shape index (κ3) is 8.11. The van der Waals surface area contributed by atoms with Crippen LogP contribution in [0.25, 0.3) is 0 Å². The zero-order valence-corrected chi connectivity index (χ0v) is 26.1. The number of nitrogens with one attached hydrogen (secondary N) is 1. The van der Waals surface area contributed by atoms with E-state index in [0.29, 0.717) is 18.0 Å². The maximum absolute atomic E-state index is 14.2. The molecule has 220 valence electrons. The maximum Gasteiger partial charge on any atom is 0.264 e. The number of aryl methyl sites for hydroxylation is 3. The van der Waals surface area contributed by atoms with E-state index >= 15 is 0 Å². The Hall–Kier alpha value is -3.36. The van der Waals surface area contributed by atoms with Gasteiger partial charge in [-0.3, -0.25) is 13.9 Å². The largest absolute Gasteiger partial charge is 0.354 e. The number of carbonyl (C=O) groups is 2. The van der Waals surface area contributed by atoms with E-state index < -0.39 is 28.5 Å². The molecular weight excluding hydrogens is 558 g/mol. The Morgan fingerprint density at radius 3 is 2.22 bits per heavy atom. The van der Waals surface area contributed by atoms with Crippen molar-refractivity contribution in [3.63, 3.8) is 0 Å². The number of anilines is 1. The molecular formula is C32H40ClN3O4S. The van der Waals surface area contributed by atoms with Crippen LogP contribution in [0.4, 0.5) is 5.69 Å². The molecule has 0 heterocycles. The quantitative estimate of drug-likeness (QED) is 0.238. The molecule has 0 bridgehead atoms. The molecule has 1 atom stereocenters. The van der Waals surface area contributed by atoms with Crippen LogP contribution in [0, 0.1) is 20.8 Å². The molecule has 0 radical (unpaired) electrons. The van der Waals surface area contributed by atoms with E-state index in [1.54, 1.807) is 30.3 Å². The van der Waals surface area contributed by atoms with Crippen LogP contribution in [0.5, 0.6) is 0 Å². The number of benzene rings is 3. The Morgan fingerprint density at radius 1 is 0.927 bits per heavy atom. The molecule has 9 heteroatoms. The summed E-state index contributed by atoms with van der Waals surface area (Å²) in [6.45, 7) is 9.70. The third-order valence-electron chi connectivity index (χ3n) is 7.15. The van der Waals surface area contributed by atoms with Crippen LogP contribution < -0.4 is 9.62 Å². The predicted molar refractivity (Wildman–Crippen MR) is 166 cm³/mol. The summed E-state index contributed by atoms with van der Waals surface area (Å²) in [5.41, 5.74) is 3.82. The van der Waals surface area contributed by atoms with Gasteiger partial charge in [0.05, 0.1) is 10.6 Å². The first kappa shape index (κ1) is 32.2. The first-order valence-electron chi connectivity index (χ1n) is 14.0. The smallest absolute Gasteiger partial charge is 0.264 e. The number of hydrogen-bond acceptors (Lipinski definition) is 4. The molecule has 0 aliphatic carbocycles. The van der Waals surface area contributed by atoms with Crippen LogP contribution in [0.15, 0.2) is 71.6 Å². The van der Waals surface area contributed by atoms with Gasteiger partial charge in [0.25, 0.3) is 10.0 Å². The van der Waals surface area contributed by atoms with Gasteiger partial charge >= 0.3 is 0 Å². The highest BCUT2D eigenvalue weighted by Gasteiger charge is 2.34. The minimum atomic E-state index is -4.15. The molecule has 3 rings (SSSR count). The van der Waals surface area contributed by atoms with Gasteiger partial charge in [-0.05, 0) is 74.6 Å². The average molecular weight is 598 g/mol. The molecule has 3 aromatic rings. The Bertz CT molecular complexity index is 1460. The summed E-state index contributed by atoms with van der Waals surface area (Å²) in [6.07, 6.45) is 2.12. The Labute approximate surface area is 249 Å². The van der Waals surface area contributed by atoms with Gasteiger partial charge in [0, 0.05) is 18.1 Å². The van der Waals surface area contributed by atoms with E-state index in [2.05, 4.69) is 5.32 Å². The van der Waals surface area contributed by atoms with Gasteiger partial charge in [-0.1, -0.05) is 79.9 Å².